The summed E-state index contributed by atoms with van der Waals surface area (Å²) in [6, 6.07) is 5.92. The molecule has 1 fully saturated rings. The Morgan fingerprint density at radius 3 is 2.58 bits per heavy atom. The number of aliphatic hydroxyl groups is 1. The zero-order valence-corrected chi connectivity index (χ0v) is 16.6. The van der Waals surface area contributed by atoms with Crippen molar-refractivity contribution in [1.82, 2.24) is 9.55 Å². The van der Waals surface area contributed by atoms with Crippen molar-refractivity contribution in [3.63, 3.8) is 0 Å². The maximum absolute atomic E-state index is 11.1. The van der Waals surface area contributed by atoms with Crippen LogP contribution in [0, 0.1) is 0 Å². The van der Waals surface area contributed by atoms with Gasteiger partial charge in [0.1, 0.15) is 5.82 Å². The van der Waals surface area contributed by atoms with Crippen LogP contribution in [0.4, 0.5) is 0 Å². The number of carbonyl (C=O) groups is 1. The predicted molar refractivity (Wildman–Crippen MR) is 105 cm³/mol. The molecular formula is C20H28N2O3S. The summed E-state index contributed by atoms with van der Waals surface area (Å²) in [5.41, 5.74) is 1.07. The molecule has 1 saturated carbocycles. The monoisotopic (exact) mass is 376 g/mol. The van der Waals surface area contributed by atoms with Crippen LogP contribution in [0.2, 0.25) is 0 Å². The molecule has 1 aromatic heterocycles. The second kappa shape index (κ2) is 7.24. The molecule has 0 radical (unpaired) electrons. The molecule has 1 aliphatic rings. The maximum atomic E-state index is 11.1. The standard InChI is InChI=1S/C20H28N2O3S/c1-19(2,3)18-21-15-11-14(26-12-17(23)24)7-8-16(15)22(18)13-20(25)9-5-4-6-10-20/h7-8,11,25H,4-6,9-10,12-13H2,1-3H3,(H,23,24). The number of fused-ring (bicyclic) bond motifs is 1. The first-order valence-corrected chi connectivity index (χ1v) is 10.2. The van der Waals surface area contributed by atoms with E-state index in [0.717, 1.165) is 47.4 Å². The van der Waals surface area contributed by atoms with E-state index in [9.17, 15) is 9.90 Å². The summed E-state index contributed by atoms with van der Waals surface area (Å²) in [6.07, 6.45) is 5.02. The molecular weight excluding hydrogens is 348 g/mol. The van der Waals surface area contributed by atoms with Gasteiger partial charge < -0.3 is 14.8 Å². The van der Waals surface area contributed by atoms with Crippen LogP contribution in [0.5, 0.6) is 0 Å². The number of aromatic nitrogens is 2. The Morgan fingerprint density at radius 1 is 1.27 bits per heavy atom. The molecule has 142 valence electrons. The number of hydrogen-bond donors (Lipinski definition) is 2. The van der Waals surface area contributed by atoms with Crippen LogP contribution < -0.4 is 0 Å². The van der Waals surface area contributed by atoms with E-state index in [4.69, 9.17) is 10.1 Å². The van der Waals surface area contributed by atoms with E-state index in [1.807, 2.05) is 18.2 Å². The summed E-state index contributed by atoms with van der Waals surface area (Å²) >= 11 is 1.30. The lowest BCUT2D eigenvalue weighted by molar-refractivity contribution is -0.133. The zero-order chi connectivity index (χ0) is 18.9. The zero-order valence-electron chi connectivity index (χ0n) is 15.8. The molecule has 0 aliphatic heterocycles. The molecule has 6 heteroatoms. The average Bonchev–Trinajstić information content (AvgIpc) is 2.91. The molecule has 0 atom stereocenters. The minimum Gasteiger partial charge on any atom is -0.481 e. The molecule has 26 heavy (non-hydrogen) atoms. The van der Waals surface area contributed by atoms with Crippen molar-refractivity contribution in [2.75, 3.05) is 5.75 Å². The van der Waals surface area contributed by atoms with Crippen molar-refractivity contribution < 1.29 is 15.0 Å². The Kier molecular flexibility index (Phi) is 5.35. The van der Waals surface area contributed by atoms with Gasteiger partial charge in [0.15, 0.2) is 0 Å². The van der Waals surface area contributed by atoms with Crippen LogP contribution in [0.3, 0.4) is 0 Å². The summed E-state index contributed by atoms with van der Waals surface area (Å²) in [5, 5.41) is 20.0. The summed E-state index contributed by atoms with van der Waals surface area (Å²) in [5.74, 6) is 0.181. The Hall–Kier alpha value is -1.53. The first-order chi connectivity index (χ1) is 12.2. The van der Waals surface area contributed by atoms with E-state index < -0.39 is 11.6 Å². The molecule has 3 rings (SSSR count). The lowest BCUT2D eigenvalue weighted by Crippen LogP contribution is -2.37. The largest absolute Gasteiger partial charge is 0.481 e. The van der Waals surface area contributed by atoms with Crippen molar-refractivity contribution in [1.29, 1.82) is 0 Å². The SMILES string of the molecule is CC(C)(C)c1nc2cc(SCC(=O)O)ccc2n1CC1(O)CCCCC1. The number of benzene rings is 1. The molecule has 0 amide bonds. The third kappa shape index (κ3) is 4.23. The van der Waals surface area contributed by atoms with E-state index >= 15 is 0 Å². The lowest BCUT2D eigenvalue weighted by Gasteiger charge is -2.34. The minimum atomic E-state index is -0.824. The Labute approximate surface area is 158 Å². The van der Waals surface area contributed by atoms with Gasteiger partial charge in [-0.3, -0.25) is 4.79 Å². The van der Waals surface area contributed by atoms with Gasteiger partial charge in [0.2, 0.25) is 0 Å². The maximum Gasteiger partial charge on any atom is 0.313 e. The second-order valence-corrected chi connectivity index (χ2v) is 9.44. The molecule has 1 aromatic carbocycles. The molecule has 1 aliphatic carbocycles. The van der Waals surface area contributed by atoms with E-state index in [0.29, 0.717) is 6.54 Å². The van der Waals surface area contributed by atoms with Gasteiger partial charge in [0, 0.05) is 10.3 Å². The van der Waals surface area contributed by atoms with Crippen LogP contribution in [-0.2, 0) is 16.8 Å². The number of imidazole rings is 1. The van der Waals surface area contributed by atoms with Crippen LogP contribution in [0.25, 0.3) is 11.0 Å². The molecule has 0 unspecified atom stereocenters. The highest BCUT2D eigenvalue weighted by molar-refractivity contribution is 8.00. The highest BCUT2D eigenvalue weighted by Gasteiger charge is 2.33. The highest BCUT2D eigenvalue weighted by Crippen LogP contribution is 2.34. The van der Waals surface area contributed by atoms with Gasteiger partial charge in [0.25, 0.3) is 0 Å². The van der Waals surface area contributed by atoms with Gasteiger partial charge in [-0.2, -0.15) is 0 Å². The van der Waals surface area contributed by atoms with E-state index in [1.165, 1.54) is 18.2 Å². The topological polar surface area (TPSA) is 75.3 Å². The van der Waals surface area contributed by atoms with Gasteiger partial charge in [-0.25, -0.2) is 4.98 Å². The fraction of sp³-hybridized carbons (Fsp3) is 0.600. The number of nitrogens with zero attached hydrogens (tertiary/aromatic N) is 2. The highest BCUT2D eigenvalue weighted by atomic mass is 32.2. The third-order valence-corrected chi connectivity index (χ3v) is 5.97. The van der Waals surface area contributed by atoms with Gasteiger partial charge >= 0.3 is 5.97 Å². The van der Waals surface area contributed by atoms with Gasteiger partial charge in [0.05, 0.1) is 28.9 Å². The Balaban J connectivity index is 2.00. The number of carboxylic acids is 1. The van der Waals surface area contributed by atoms with E-state index in [1.54, 1.807) is 0 Å². The lowest BCUT2D eigenvalue weighted by atomic mass is 9.84. The minimum absolute atomic E-state index is 0.0398. The number of thioether (sulfide) groups is 1. The molecule has 5 nitrogen and oxygen atoms in total. The summed E-state index contributed by atoms with van der Waals surface area (Å²) in [6.45, 7) is 6.97. The van der Waals surface area contributed by atoms with Crippen LogP contribution in [-0.4, -0.2) is 37.1 Å². The van der Waals surface area contributed by atoms with E-state index in [-0.39, 0.29) is 11.2 Å². The third-order valence-electron chi connectivity index (χ3n) is 4.99. The Morgan fingerprint density at radius 2 is 1.96 bits per heavy atom. The first kappa shape index (κ1) is 19.2. The molecule has 0 saturated heterocycles. The second-order valence-electron chi connectivity index (χ2n) is 8.39. The van der Waals surface area contributed by atoms with Crippen molar-refractivity contribution >= 4 is 28.8 Å². The number of aliphatic carboxylic acids is 1. The number of hydrogen-bond acceptors (Lipinski definition) is 4. The van der Waals surface area contributed by atoms with E-state index in [2.05, 4.69) is 25.3 Å². The average molecular weight is 377 g/mol. The molecule has 2 N–H and O–H groups in total. The molecule has 0 spiro atoms. The fourth-order valence-corrected chi connectivity index (χ4v) is 4.39. The van der Waals surface area contributed by atoms with Crippen molar-refractivity contribution in [3.05, 3.63) is 24.0 Å². The molecule has 1 heterocycles. The summed E-state index contributed by atoms with van der Waals surface area (Å²) in [7, 11) is 0. The van der Waals surface area contributed by atoms with Gasteiger partial charge in [-0.05, 0) is 31.0 Å². The summed E-state index contributed by atoms with van der Waals surface area (Å²) < 4.78 is 2.17. The van der Waals surface area contributed by atoms with Gasteiger partial charge in [-0.15, -0.1) is 11.8 Å². The predicted octanol–water partition coefficient (Wildman–Crippen LogP) is 4.21. The van der Waals surface area contributed by atoms with Crippen LogP contribution in [0.15, 0.2) is 23.1 Å². The normalized spacial score (nSPS) is 17.5. The quantitative estimate of drug-likeness (QED) is 0.765. The van der Waals surface area contributed by atoms with Gasteiger partial charge in [-0.1, -0.05) is 40.0 Å². The number of rotatable bonds is 5. The van der Waals surface area contributed by atoms with Crippen molar-refractivity contribution in [3.8, 4) is 0 Å². The van der Waals surface area contributed by atoms with Crippen LogP contribution in [0.1, 0.15) is 58.7 Å². The van der Waals surface area contributed by atoms with Crippen molar-refractivity contribution in [2.24, 2.45) is 0 Å². The van der Waals surface area contributed by atoms with Crippen LogP contribution >= 0.6 is 11.8 Å². The fourth-order valence-electron chi connectivity index (χ4n) is 3.74. The molecule has 2 aromatic rings. The Bertz CT molecular complexity index is 801. The summed E-state index contributed by atoms with van der Waals surface area (Å²) in [4.78, 5) is 16.6. The molecule has 0 bridgehead atoms. The first-order valence-electron chi connectivity index (χ1n) is 9.26. The van der Waals surface area contributed by atoms with Crippen molar-refractivity contribution in [2.45, 2.75) is 75.3 Å². The number of carboxylic acid groups (broad SMARTS) is 1. The smallest absolute Gasteiger partial charge is 0.313 e.